The van der Waals surface area contributed by atoms with Crippen molar-refractivity contribution >= 4 is 21.9 Å². The Morgan fingerprint density at radius 1 is 1.19 bits per heavy atom. The Bertz CT molecular complexity index is 1350. The number of carbonyl (C=O) groups is 1. The number of hydrogen-bond acceptors (Lipinski definition) is 8. The van der Waals surface area contributed by atoms with Crippen LogP contribution in [0.5, 0.6) is 5.88 Å². The quantitative estimate of drug-likeness (QED) is 0.392. The average molecular weight is 513 g/mol. The lowest BCUT2D eigenvalue weighted by Gasteiger charge is -2.19. The molecule has 1 aromatic heterocycles. The van der Waals surface area contributed by atoms with Crippen LogP contribution in [0.3, 0.4) is 0 Å². The molecular weight excluding hydrogens is 484 g/mol. The second kappa shape index (κ2) is 10.6. The van der Waals surface area contributed by atoms with Gasteiger partial charge in [-0.3, -0.25) is 0 Å². The molecule has 0 spiro atoms. The first-order valence-corrected chi connectivity index (χ1v) is 12.9. The summed E-state index contributed by atoms with van der Waals surface area (Å²) in [6, 6.07) is 12.1. The van der Waals surface area contributed by atoms with Crippen molar-refractivity contribution in [3.63, 3.8) is 0 Å². The normalized spacial score (nSPS) is 16.5. The molecule has 0 radical (unpaired) electrons. The van der Waals surface area contributed by atoms with Gasteiger partial charge in [-0.15, -0.1) is 0 Å². The fraction of sp³-hybridized carbons (Fsp3) is 0.320. The minimum absolute atomic E-state index is 0.107. The Kier molecular flexibility index (Phi) is 7.53. The highest BCUT2D eigenvalue weighted by Crippen LogP contribution is 2.29. The first-order chi connectivity index (χ1) is 17.1. The number of benzene rings is 2. The molecule has 0 saturated carbocycles. The fourth-order valence-electron chi connectivity index (χ4n) is 4.10. The molecule has 11 heteroatoms. The van der Waals surface area contributed by atoms with Crippen LogP contribution < -0.4 is 15.2 Å². The second-order valence-electron chi connectivity index (χ2n) is 8.65. The molecule has 1 unspecified atom stereocenters. The number of aromatic carboxylic acids is 1. The van der Waals surface area contributed by atoms with Gasteiger partial charge in [0.25, 0.3) is 10.0 Å². The van der Waals surface area contributed by atoms with Crippen molar-refractivity contribution < 1.29 is 27.8 Å². The first kappa shape index (κ1) is 25.5. The van der Waals surface area contributed by atoms with E-state index >= 15 is 0 Å². The first-order valence-electron chi connectivity index (χ1n) is 11.5. The smallest absolute Gasteiger partial charge is 0.335 e. The number of rotatable bonds is 9. The van der Waals surface area contributed by atoms with Crippen LogP contribution in [0.15, 0.2) is 53.4 Å². The van der Waals surface area contributed by atoms with Gasteiger partial charge in [0.1, 0.15) is 6.61 Å². The van der Waals surface area contributed by atoms with Crippen molar-refractivity contribution in [2.24, 2.45) is 5.73 Å². The van der Waals surface area contributed by atoms with Crippen molar-refractivity contribution in [2.75, 3.05) is 17.9 Å². The van der Waals surface area contributed by atoms with E-state index in [0.29, 0.717) is 12.3 Å². The third-order valence-corrected chi connectivity index (χ3v) is 7.25. The number of aromatic nitrogens is 2. The third-order valence-electron chi connectivity index (χ3n) is 5.92. The molecule has 0 aliphatic carbocycles. The van der Waals surface area contributed by atoms with Gasteiger partial charge >= 0.3 is 5.97 Å². The van der Waals surface area contributed by atoms with Crippen molar-refractivity contribution in [3.05, 3.63) is 65.2 Å². The standard InChI is InChI=1S/C25H28N4O6S/c1-15-6-3-7-16(2)23(15)20-13-22(35-14-19(26)21-10-5-11-34-21)28-25(27-20)29-36(32,33)18-9-4-8-17(12-18)24(30)31/h3-4,6-9,12-13,19,21H,5,10-11,14,26H2,1-2H3,(H,30,31)(H,27,28,29)/t19-,21?/m0/s1. The molecule has 0 bridgehead atoms. The van der Waals surface area contributed by atoms with E-state index in [9.17, 15) is 18.3 Å². The number of aryl methyl sites for hydroxylation is 2. The van der Waals surface area contributed by atoms with Crippen molar-refractivity contribution in [3.8, 4) is 17.1 Å². The lowest BCUT2D eigenvalue weighted by Crippen LogP contribution is -2.39. The summed E-state index contributed by atoms with van der Waals surface area (Å²) in [4.78, 5) is 19.8. The zero-order valence-corrected chi connectivity index (χ0v) is 20.8. The van der Waals surface area contributed by atoms with Gasteiger partial charge in [0.05, 0.1) is 28.3 Å². The summed E-state index contributed by atoms with van der Waals surface area (Å²) < 4.78 is 39.9. The number of nitrogens with zero attached hydrogens (tertiary/aromatic N) is 2. The summed E-state index contributed by atoms with van der Waals surface area (Å²) in [6.45, 7) is 4.65. The molecule has 2 aromatic carbocycles. The molecule has 1 fully saturated rings. The summed E-state index contributed by atoms with van der Waals surface area (Å²) >= 11 is 0. The van der Waals surface area contributed by atoms with Gasteiger partial charge < -0.3 is 20.3 Å². The van der Waals surface area contributed by atoms with Gasteiger partial charge in [-0.25, -0.2) is 22.9 Å². The lowest BCUT2D eigenvalue weighted by atomic mass is 10.00. The highest BCUT2D eigenvalue weighted by Gasteiger charge is 2.24. The van der Waals surface area contributed by atoms with Crippen LogP contribution in [0.4, 0.5) is 5.95 Å². The molecule has 10 nitrogen and oxygen atoms in total. The molecule has 2 heterocycles. The average Bonchev–Trinajstić information content (AvgIpc) is 3.37. The van der Waals surface area contributed by atoms with Crippen LogP contribution in [-0.4, -0.2) is 54.8 Å². The van der Waals surface area contributed by atoms with E-state index in [-0.39, 0.29) is 41.0 Å². The Morgan fingerprint density at radius 3 is 2.58 bits per heavy atom. The minimum Gasteiger partial charge on any atom is -0.478 e. The molecule has 36 heavy (non-hydrogen) atoms. The molecule has 1 saturated heterocycles. The van der Waals surface area contributed by atoms with Crippen LogP contribution in [-0.2, 0) is 14.8 Å². The number of carboxylic acids is 1. The molecule has 1 aliphatic heterocycles. The van der Waals surface area contributed by atoms with Crippen molar-refractivity contribution in [2.45, 2.75) is 43.7 Å². The van der Waals surface area contributed by atoms with Gasteiger partial charge in [-0.05, 0) is 56.0 Å². The molecular formula is C25H28N4O6S. The number of carboxylic acid groups (broad SMARTS) is 1. The number of sulfonamides is 1. The van der Waals surface area contributed by atoms with Crippen molar-refractivity contribution in [1.29, 1.82) is 0 Å². The summed E-state index contributed by atoms with van der Waals surface area (Å²) in [5.41, 5.74) is 9.25. The lowest BCUT2D eigenvalue weighted by molar-refractivity contribution is 0.0696. The molecule has 4 N–H and O–H groups in total. The van der Waals surface area contributed by atoms with Crippen LogP contribution in [0.2, 0.25) is 0 Å². The van der Waals surface area contributed by atoms with E-state index in [0.717, 1.165) is 35.6 Å². The maximum Gasteiger partial charge on any atom is 0.335 e. The van der Waals surface area contributed by atoms with Gasteiger partial charge in [0.2, 0.25) is 11.8 Å². The van der Waals surface area contributed by atoms with Crippen LogP contribution in [0.25, 0.3) is 11.3 Å². The zero-order chi connectivity index (χ0) is 25.9. The van der Waals surface area contributed by atoms with Gasteiger partial charge in [0, 0.05) is 18.2 Å². The predicted molar refractivity (Wildman–Crippen MR) is 134 cm³/mol. The predicted octanol–water partition coefficient (Wildman–Crippen LogP) is 3.14. The highest BCUT2D eigenvalue weighted by molar-refractivity contribution is 7.92. The summed E-state index contributed by atoms with van der Waals surface area (Å²) in [7, 11) is -4.19. The number of nitrogens with one attached hydrogen (secondary N) is 1. The second-order valence-corrected chi connectivity index (χ2v) is 10.3. The Balaban J connectivity index is 1.68. The minimum atomic E-state index is -4.19. The van der Waals surface area contributed by atoms with Crippen LogP contribution in [0, 0.1) is 13.8 Å². The topological polar surface area (TPSA) is 154 Å². The monoisotopic (exact) mass is 512 g/mol. The number of ether oxygens (including phenoxy) is 2. The number of nitrogens with two attached hydrogens (primary N) is 1. The van der Waals surface area contributed by atoms with E-state index < -0.39 is 16.0 Å². The van der Waals surface area contributed by atoms with E-state index in [1.54, 1.807) is 6.07 Å². The van der Waals surface area contributed by atoms with Gasteiger partial charge in [0.15, 0.2) is 0 Å². The molecule has 2 atom stereocenters. The van der Waals surface area contributed by atoms with Crippen molar-refractivity contribution in [1.82, 2.24) is 9.97 Å². The molecule has 0 amide bonds. The Morgan fingerprint density at radius 2 is 1.92 bits per heavy atom. The summed E-state index contributed by atoms with van der Waals surface area (Å²) in [6.07, 6.45) is 1.68. The Labute approximate surface area is 209 Å². The summed E-state index contributed by atoms with van der Waals surface area (Å²) in [5.74, 6) is -1.30. The van der Waals surface area contributed by atoms with Gasteiger partial charge in [-0.2, -0.15) is 4.98 Å². The van der Waals surface area contributed by atoms with Crippen LogP contribution in [0.1, 0.15) is 34.3 Å². The maximum atomic E-state index is 13.0. The molecule has 1 aliphatic rings. The van der Waals surface area contributed by atoms with E-state index in [4.69, 9.17) is 15.2 Å². The number of anilines is 1. The molecule has 4 rings (SSSR count). The van der Waals surface area contributed by atoms with E-state index in [1.807, 2.05) is 32.0 Å². The third kappa shape index (κ3) is 5.81. The number of hydrogen-bond donors (Lipinski definition) is 3. The van der Waals surface area contributed by atoms with E-state index in [2.05, 4.69) is 14.7 Å². The Hall–Kier alpha value is -3.54. The maximum absolute atomic E-state index is 13.0. The summed E-state index contributed by atoms with van der Waals surface area (Å²) in [5, 5.41) is 9.22. The van der Waals surface area contributed by atoms with Gasteiger partial charge in [-0.1, -0.05) is 24.3 Å². The zero-order valence-electron chi connectivity index (χ0n) is 20.0. The SMILES string of the molecule is Cc1cccc(C)c1-c1cc(OC[C@H](N)C2CCCO2)nc(NS(=O)(=O)c2cccc(C(=O)O)c2)n1. The molecule has 3 aromatic rings. The largest absolute Gasteiger partial charge is 0.478 e. The van der Waals surface area contributed by atoms with Crippen LogP contribution >= 0.6 is 0 Å². The van der Waals surface area contributed by atoms with E-state index in [1.165, 1.54) is 18.2 Å². The highest BCUT2D eigenvalue weighted by atomic mass is 32.2. The molecule has 190 valence electrons. The fourth-order valence-corrected chi connectivity index (χ4v) is 5.09.